The molecule has 2 saturated heterocycles. The zero-order valence-corrected chi connectivity index (χ0v) is 23.2. The van der Waals surface area contributed by atoms with Gasteiger partial charge < -0.3 is 18.9 Å². The maximum absolute atomic E-state index is 5.75. The van der Waals surface area contributed by atoms with Gasteiger partial charge in [-0.15, -0.1) is 0 Å². The largest absolute Gasteiger partial charge is 0.346 e. The van der Waals surface area contributed by atoms with Crippen molar-refractivity contribution in [2.24, 2.45) is 0 Å². The summed E-state index contributed by atoms with van der Waals surface area (Å²) in [4.78, 5) is 0. The molecule has 2 fully saturated rings. The summed E-state index contributed by atoms with van der Waals surface area (Å²) in [5, 5.41) is 4.88. The van der Waals surface area contributed by atoms with E-state index in [2.05, 4.69) is 121 Å². The van der Waals surface area contributed by atoms with E-state index >= 15 is 0 Å². The van der Waals surface area contributed by atoms with Gasteiger partial charge in [-0.05, 0) is 54.9 Å². The first-order valence-corrected chi connectivity index (χ1v) is 14.5. The standard InChI is InChI=1S/C38H30O4/c1-3-7-31-25(5-1)17-19-33(27-9-13-29(14-10-27)37-39-21-22-40-37)35(31)36-32-8-4-2-6-26(32)18-20-34(36)28-11-15-30(16-12-28)38-41-23-24-42-38/h1-20,37-38H,21-24H2. The maximum atomic E-state index is 5.75. The zero-order valence-electron chi connectivity index (χ0n) is 23.2. The predicted molar refractivity (Wildman–Crippen MR) is 167 cm³/mol. The van der Waals surface area contributed by atoms with E-state index in [-0.39, 0.29) is 12.6 Å². The number of hydrogen-bond acceptors (Lipinski definition) is 4. The van der Waals surface area contributed by atoms with E-state index in [0.29, 0.717) is 26.4 Å². The molecule has 0 N–H and O–H groups in total. The van der Waals surface area contributed by atoms with Crippen molar-refractivity contribution in [3.8, 4) is 33.4 Å². The SMILES string of the molecule is c1ccc2c(-c3c(-c4ccc(C5OCCO5)cc4)ccc4ccccc34)c(-c3ccc(C4OCCO4)cc3)ccc2c1. The molecule has 2 aliphatic rings. The Morgan fingerprint density at radius 3 is 1.17 bits per heavy atom. The fourth-order valence-corrected chi connectivity index (χ4v) is 6.30. The van der Waals surface area contributed by atoms with E-state index in [1.807, 2.05) is 0 Å². The van der Waals surface area contributed by atoms with Crippen LogP contribution in [-0.2, 0) is 18.9 Å². The van der Waals surface area contributed by atoms with Crippen LogP contribution in [0.4, 0.5) is 0 Å². The molecular weight excluding hydrogens is 520 g/mol. The molecule has 206 valence electrons. The molecule has 6 aromatic rings. The smallest absolute Gasteiger partial charge is 0.184 e. The molecule has 0 aromatic heterocycles. The molecule has 0 saturated carbocycles. The van der Waals surface area contributed by atoms with E-state index in [0.717, 1.165) is 22.3 Å². The van der Waals surface area contributed by atoms with Crippen molar-refractivity contribution >= 4 is 21.5 Å². The summed E-state index contributed by atoms with van der Waals surface area (Å²) in [5.74, 6) is 0. The highest BCUT2D eigenvalue weighted by atomic mass is 16.7. The third-order valence-electron chi connectivity index (χ3n) is 8.34. The van der Waals surface area contributed by atoms with Gasteiger partial charge in [-0.1, -0.05) is 121 Å². The fourth-order valence-electron chi connectivity index (χ4n) is 6.30. The monoisotopic (exact) mass is 550 g/mol. The van der Waals surface area contributed by atoms with E-state index in [1.54, 1.807) is 0 Å². The topological polar surface area (TPSA) is 36.9 Å². The lowest BCUT2D eigenvalue weighted by atomic mass is 9.83. The van der Waals surface area contributed by atoms with Gasteiger partial charge in [0.15, 0.2) is 12.6 Å². The number of fused-ring (bicyclic) bond motifs is 2. The molecule has 2 heterocycles. The van der Waals surface area contributed by atoms with Gasteiger partial charge in [0.1, 0.15) is 0 Å². The molecule has 0 amide bonds. The van der Waals surface area contributed by atoms with Crippen LogP contribution < -0.4 is 0 Å². The van der Waals surface area contributed by atoms with Crippen LogP contribution in [0.5, 0.6) is 0 Å². The molecule has 0 radical (unpaired) electrons. The molecule has 0 unspecified atom stereocenters. The molecule has 4 heteroatoms. The Labute approximate surface area is 245 Å². The van der Waals surface area contributed by atoms with Crippen molar-refractivity contribution in [1.82, 2.24) is 0 Å². The van der Waals surface area contributed by atoms with Crippen LogP contribution in [0.25, 0.3) is 54.9 Å². The van der Waals surface area contributed by atoms with Gasteiger partial charge in [0.05, 0.1) is 26.4 Å². The van der Waals surface area contributed by atoms with E-state index in [9.17, 15) is 0 Å². The lowest BCUT2D eigenvalue weighted by molar-refractivity contribution is -0.0443. The average molecular weight is 551 g/mol. The fraction of sp³-hybridized carbons (Fsp3) is 0.158. The molecule has 0 bridgehead atoms. The zero-order chi connectivity index (χ0) is 27.9. The Morgan fingerprint density at radius 1 is 0.381 bits per heavy atom. The molecule has 0 spiro atoms. The molecule has 4 nitrogen and oxygen atoms in total. The minimum absolute atomic E-state index is 0.289. The van der Waals surface area contributed by atoms with Gasteiger partial charge in [-0.25, -0.2) is 0 Å². The number of hydrogen-bond donors (Lipinski definition) is 0. The lowest BCUT2D eigenvalue weighted by Crippen LogP contribution is -1.98. The quantitative estimate of drug-likeness (QED) is 0.215. The van der Waals surface area contributed by atoms with Crippen LogP contribution >= 0.6 is 0 Å². The van der Waals surface area contributed by atoms with Gasteiger partial charge >= 0.3 is 0 Å². The van der Waals surface area contributed by atoms with E-state index in [1.165, 1.54) is 43.8 Å². The molecule has 0 aliphatic carbocycles. The molecule has 2 aliphatic heterocycles. The minimum atomic E-state index is -0.289. The van der Waals surface area contributed by atoms with Crippen molar-refractivity contribution in [3.63, 3.8) is 0 Å². The van der Waals surface area contributed by atoms with Crippen LogP contribution in [0.2, 0.25) is 0 Å². The van der Waals surface area contributed by atoms with Crippen molar-refractivity contribution in [2.75, 3.05) is 26.4 Å². The van der Waals surface area contributed by atoms with Crippen LogP contribution in [0.1, 0.15) is 23.7 Å². The molecular formula is C38H30O4. The first-order valence-electron chi connectivity index (χ1n) is 14.5. The highest BCUT2D eigenvalue weighted by Gasteiger charge is 2.22. The number of rotatable bonds is 5. The molecule has 0 atom stereocenters. The first-order chi connectivity index (χ1) is 20.8. The summed E-state index contributed by atoms with van der Waals surface area (Å²) in [5.41, 5.74) is 9.23. The maximum Gasteiger partial charge on any atom is 0.184 e. The van der Waals surface area contributed by atoms with Crippen LogP contribution in [0.15, 0.2) is 121 Å². The Hall–Kier alpha value is -4.32. The first kappa shape index (κ1) is 25.4. The summed E-state index contributed by atoms with van der Waals surface area (Å²) in [6.07, 6.45) is -0.578. The summed E-state index contributed by atoms with van der Waals surface area (Å²) in [6, 6.07) is 43.6. The average Bonchev–Trinajstić information content (AvgIpc) is 3.80. The van der Waals surface area contributed by atoms with Crippen LogP contribution in [0, 0.1) is 0 Å². The van der Waals surface area contributed by atoms with Crippen molar-refractivity contribution in [2.45, 2.75) is 12.6 Å². The summed E-state index contributed by atoms with van der Waals surface area (Å²) >= 11 is 0. The highest BCUT2D eigenvalue weighted by Crippen LogP contribution is 2.46. The van der Waals surface area contributed by atoms with Gasteiger partial charge in [-0.3, -0.25) is 0 Å². The Bertz CT molecular complexity index is 1740. The van der Waals surface area contributed by atoms with Crippen molar-refractivity contribution in [1.29, 1.82) is 0 Å². The summed E-state index contributed by atoms with van der Waals surface area (Å²) < 4.78 is 23.0. The third-order valence-corrected chi connectivity index (χ3v) is 8.34. The van der Waals surface area contributed by atoms with Crippen molar-refractivity contribution < 1.29 is 18.9 Å². The number of ether oxygens (including phenoxy) is 4. The molecule has 6 aromatic carbocycles. The molecule has 8 rings (SSSR count). The lowest BCUT2D eigenvalue weighted by Gasteiger charge is -2.20. The van der Waals surface area contributed by atoms with E-state index in [4.69, 9.17) is 18.9 Å². The summed E-state index contributed by atoms with van der Waals surface area (Å²) in [6.45, 7) is 2.53. The van der Waals surface area contributed by atoms with Gasteiger partial charge in [0.25, 0.3) is 0 Å². The summed E-state index contributed by atoms with van der Waals surface area (Å²) in [7, 11) is 0. The van der Waals surface area contributed by atoms with Crippen LogP contribution in [-0.4, -0.2) is 26.4 Å². The van der Waals surface area contributed by atoms with Crippen molar-refractivity contribution in [3.05, 3.63) is 132 Å². The molecule has 42 heavy (non-hydrogen) atoms. The minimum Gasteiger partial charge on any atom is -0.346 e. The predicted octanol–water partition coefficient (Wildman–Crippen LogP) is 9.08. The Balaban J connectivity index is 1.35. The second kappa shape index (κ2) is 10.8. The Kier molecular flexibility index (Phi) is 6.54. The van der Waals surface area contributed by atoms with Crippen LogP contribution in [0.3, 0.4) is 0 Å². The van der Waals surface area contributed by atoms with Gasteiger partial charge in [0.2, 0.25) is 0 Å². The normalized spacial score (nSPS) is 16.1. The highest BCUT2D eigenvalue weighted by molar-refractivity contribution is 6.14. The van der Waals surface area contributed by atoms with Gasteiger partial charge in [0, 0.05) is 11.1 Å². The second-order valence-corrected chi connectivity index (χ2v) is 10.8. The van der Waals surface area contributed by atoms with E-state index < -0.39 is 0 Å². The third kappa shape index (κ3) is 4.50. The second-order valence-electron chi connectivity index (χ2n) is 10.8. The van der Waals surface area contributed by atoms with Gasteiger partial charge in [-0.2, -0.15) is 0 Å². The number of benzene rings is 6. The Morgan fingerprint density at radius 2 is 0.762 bits per heavy atom.